The summed E-state index contributed by atoms with van der Waals surface area (Å²) >= 11 is 0. The molecule has 0 unspecified atom stereocenters. The van der Waals surface area contributed by atoms with Crippen molar-refractivity contribution in [2.75, 3.05) is 12.3 Å². The lowest BCUT2D eigenvalue weighted by Crippen LogP contribution is -2.32. The molecule has 3 rings (SSSR count). The second-order valence-corrected chi connectivity index (χ2v) is 5.24. The van der Waals surface area contributed by atoms with Crippen molar-refractivity contribution in [1.29, 1.82) is 0 Å². The summed E-state index contributed by atoms with van der Waals surface area (Å²) in [5, 5.41) is 29.3. The molecule has 0 saturated carbocycles. The standard InChI is InChI=1S/C14H18N4O4/c1-2-3-18-4-7(9-10(18)14(15)17-6-16-9)13-12(21)11(20)8(5-19)22-13/h2,4,6,8,11-13,19-21H,1,3,5H2,(H2,15,16,17)/t8-,11-,12-,13+/m1/s1. The van der Waals surface area contributed by atoms with Gasteiger partial charge in [0.1, 0.15) is 36.3 Å². The molecule has 4 atom stereocenters. The number of hydrogen-bond donors (Lipinski definition) is 4. The third-order valence-electron chi connectivity index (χ3n) is 3.88. The summed E-state index contributed by atoms with van der Waals surface area (Å²) in [7, 11) is 0. The number of aliphatic hydroxyl groups excluding tert-OH is 3. The third-order valence-corrected chi connectivity index (χ3v) is 3.88. The van der Waals surface area contributed by atoms with Gasteiger partial charge in [-0.1, -0.05) is 6.08 Å². The van der Waals surface area contributed by atoms with E-state index in [1.807, 2.05) is 4.57 Å². The maximum atomic E-state index is 10.2. The van der Waals surface area contributed by atoms with Crippen LogP contribution in [0.5, 0.6) is 0 Å². The summed E-state index contributed by atoms with van der Waals surface area (Å²) in [4.78, 5) is 8.19. The normalized spacial score (nSPS) is 28.3. The van der Waals surface area contributed by atoms with Gasteiger partial charge in [-0.05, 0) is 0 Å². The minimum Gasteiger partial charge on any atom is -0.394 e. The van der Waals surface area contributed by atoms with Gasteiger partial charge in [0, 0.05) is 18.3 Å². The molecule has 0 bridgehead atoms. The highest BCUT2D eigenvalue weighted by molar-refractivity contribution is 5.88. The van der Waals surface area contributed by atoms with Gasteiger partial charge in [-0.2, -0.15) is 0 Å². The monoisotopic (exact) mass is 306 g/mol. The summed E-state index contributed by atoms with van der Waals surface area (Å²) < 4.78 is 7.38. The predicted octanol–water partition coefficient (Wildman–Crippen LogP) is -0.647. The molecule has 118 valence electrons. The van der Waals surface area contributed by atoms with Crippen LogP contribution in [0.2, 0.25) is 0 Å². The van der Waals surface area contributed by atoms with Gasteiger partial charge in [0.15, 0.2) is 5.82 Å². The topological polar surface area (TPSA) is 127 Å². The molecule has 0 spiro atoms. The van der Waals surface area contributed by atoms with Crippen molar-refractivity contribution in [3.05, 3.63) is 30.7 Å². The lowest BCUT2D eigenvalue weighted by atomic mass is 10.0. The van der Waals surface area contributed by atoms with E-state index in [9.17, 15) is 15.3 Å². The number of aromatic nitrogens is 3. The van der Waals surface area contributed by atoms with Gasteiger partial charge in [-0.25, -0.2) is 9.97 Å². The van der Waals surface area contributed by atoms with Crippen molar-refractivity contribution in [1.82, 2.24) is 14.5 Å². The molecule has 1 aliphatic heterocycles. The van der Waals surface area contributed by atoms with Crippen LogP contribution in [-0.4, -0.2) is 54.8 Å². The SMILES string of the molecule is C=CCn1cc([C@@H]2O[C@H](CO)[C@@H](O)[C@H]2O)c2ncnc(N)c21. The van der Waals surface area contributed by atoms with Crippen molar-refractivity contribution in [2.45, 2.75) is 31.0 Å². The average molecular weight is 306 g/mol. The van der Waals surface area contributed by atoms with Crippen molar-refractivity contribution >= 4 is 16.9 Å². The molecule has 1 fully saturated rings. The lowest BCUT2D eigenvalue weighted by Gasteiger charge is -2.13. The summed E-state index contributed by atoms with van der Waals surface area (Å²) in [6.07, 6.45) is 0.834. The van der Waals surface area contributed by atoms with Crippen LogP contribution in [0.4, 0.5) is 5.82 Å². The molecular weight excluding hydrogens is 288 g/mol. The summed E-state index contributed by atoms with van der Waals surface area (Å²) in [5.41, 5.74) is 7.67. The Balaban J connectivity index is 2.12. The zero-order valence-electron chi connectivity index (χ0n) is 11.8. The molecule has 0 radical (unpaired) electrons. The van der Waals surface area contributed by atoms with Gasteiger partial charge in [0.05, 0.1) is 12.1 Å². The van der Waals surface area contributed by atoms with E-state index in [1.165, 1.54) is 6.33 Å². The van der Waals surface area contributed by atoms with E-state index in [0.29, 0.717) is 29.0 Å². The quantitative estimate of drug-likeness (QED) is 0.553. The van der Waals surface area contributed by atoms with Crippen LogP contribution in [-0.2, 0) is 11.3 Å². The molecule has 0 aliphatic carbocycles. The molecule has 3 heterocycles. The van der Waals surface area contributed by atoms with Gasteiger partial charge in [0.2, 0.25) is 0 Å². The Hall–Kier alpha value is -2.00. The van der Waals surface area contributed by atoms with E-state index in [0.717, 1.165) is 0 Å². The molecule has 0 aromatic carbocycles. The van der Waals surface area contributed by atoms with Gasteiger partial charge in [0.25, 0.3) is 0 Å². The van der Waals surface area contributed by atoms with Crippen LogP contribution in [0.1, 0.15) is 11.7 Å². The molecular formula is C14H18N4O4. The Labute approximate surface area is 126 Å². The minimum absolute atomic E-state index is 0.310. The Kier molecular flexibility index (Phi) is 3.83. The number of fused-ring (bicyclic) bond motifs is 1. The third kappa shape index (κ3) is 2.17. The van der Waals surface area contributed by atoms with Crippen molar-refractivity contribution < 1.29 is 20.1 Å². The Bertz CT molecular complexity index is 701. The van der Waals surface area contributed by atoms with E-state index in [4.69, 9.17) is 10.5 Å². The van der Waals surface area contributed by atoms with Crippen LogP contribution in [0.25, 0.3) is 11.0 Å². The fraction of sp³-hybridized carbons (Fsp3) is 0.429. The number of hydrogen-bond acceptors (Lipinski definition) is 7. The molecule has 2 aromatic heterocycles. The van der Waals surface area contributed by atoms with Crippen molar-refractivity contribution in [3.8, 4) is 0 Å². The number of anilines is 1. The molecule has 1 aliphatic rings. The summed E-state index contributed by atoms with van der Waals surface area (Å²) in [6, 6.07) is 0. The van der Waals surface area contributed by atoms with Gasteiger partial charge < -0.3 is 30.4 Å². The number of allylic oxidation sites excluding steroid dienone is 1. The Morgan fingerprint density at radius 2 is 2.14 bits per heavy atom. The van der Waals surface area contributed by atoms with E-state index in [-0.39, 0.29) is 6.61 Å². The second-order valence-electron chi connectivity index (χ2n) is 5.24. The zero-order valence-corrected chi connectivity index (χ0v) is 11.8. The molecule has 5 N–H and O–H groups in total. The van der Waals surface area contributed by atoms with Gasteiger partial charge >= 0.3 is 0 Å². The number of nitrogens with two attached hydrogens (primary N) is 1. The Morgan fingerprint density at radius 1 is 1.36 bits per heavy atom. The van der Waals surface area contributed by atoms with Crippen LogP contribution in [0, 0.1) is 0 Å². The molecule has 2 aromatic rings. The predicted molar refractivity (Wildman–Crippen MR) is 78.9 cm³/mol. The highest BCUT2D eigenvalue weighted by Gasteiger charge is 2.44. The Morgan fingerprint density at radius 3 is 2.77 bits per heavy atom. The molecule has 22 heavy (non-hydrogen) atoms. The first kappa shape index (κ1) is 14.9. The maximum Gasteiger partial charge on any atom is 0.151 e. The summed E-state index contributed by atoms with van der Waals surface area (Å²) in [5.74, 6) is 0.310. The second kappa shape index (κ2) is 5.65. The fourth-order valence-corrected chi connectivity index (χ4v) is 2.83. The number of aliphatic hydroxyl groups is 3. The first-order valence-electron chi connectivity index (χ1n) is 6.91. The van der Waals surface area contributed by atoms with Crippen LogP contribution < -0.4 is 5.73 Å². The fourth-order valence-electron chi connectivity index (χ4n) is 2.83. The van der Waals surface area contributed by atoms with Crippen LogP contribution >= 0.6 is 0 Å². The highest BCUT2D eigenvalue weighted by atomic mass is 16.6. The molecule has 8 nitrogen and oxygen atoms in total. The number of rotatable bonds is 4. The molecule has 1 saturated heterocycles. The summed E-state index contributed by atoms with van der Waals surface area (Å²) in [6.45, 7) is 3.81. The largest absolute Gasteiger partial charge is 0.394 e. The average Bonchev–Trinajstić information content (AvgIpc) is 3.00. The van der Waals surface area contributed by atoms with E-state index < -0.39 is 24.4 Å². The number of nitrogens with zero attached hydrogens (tertiary/aromatic N) is 3. The van der Waals surface area contributed by atoms with Crippen molar-refractivity contribution in [3.63, 3.8) is 0 Å². The number of ether oxygens (including phenoxy) is 1. The smallest absolute Gasteiger partial charge is 0.151 e. The first-order chi connectivity index (χ1) is 10.6. The first-order valence-corrected chi connectivity index (χ1v) is 6.91. The van der Waals surface area contributed by atoms with Crippen LogP contribution in [0.15, 0.2) is 25.2 Å². The number of nitrogen functional groups attached to an aromatic ring is 1. The van der Waals surface area contributed by atoms with E-state index in [1.54, 1.807) is 12.3 Å². The maximum absolute atomic E-state index is 10.2. The van der Waals surface area contributed by atoms with Gasteiger partial charge in [-0.3, -0.25) is 0 Å². The highest BCUT2D eigenvalue weighted by Crippen LogP contribution is 2.38. The molecule has 0 amide bonds. The van der Waals surface area contributed by atoms with E-state index in [2.05, 4.69) is 16.5 Å². The zero-order chi connectivity index (χ0) is 15.9. The minimum atomic E-state index is -1.16. The van der Waals surface area contributed by atoms with E-state index >= 15 is 0 Å². The molecule has 8 heteroatoms. The lowest BCUT2D eigenvalue weighted by molar-refractivity contribution is -0.0224. The van der Waals surface area contributed by atoms with Crippen LogP contribution in [0.3, 0.4) is 0 Å². The van der Waals surface area contributed by atoms with Crippen molar-refractivity contribution in [2.24, 2.45) is 0 Å². The van der Waals surface area contributed by atoms with Gasteiger partial charge in [-0.15, -0.1) is 6.58 Å².